The molecule has 13 nitrogen and oxygen atoms in total. The second-order valence-corrected chi connectivity index (χ2v) is 9.76. The van der Waals surface area contributed by atoms with Crippen LogP contribution in [0.1, 0.15) is 49.4 Å². The van der Waals surface area contributed by atoms with Crippen LogP contribution >= 0.6 is 23.2 Å². The highest BCUT2D eigenvalue weighted by atomic mass is 35.5. The van der Waals surface area contributed by atoms with Gasteiger partial charge in [-0.25, -0.2) is 9.80 Å². The molecule has 2 heterocycles. The minimum Gasteiger partial charge on any atom is -0.481 e. The van der Waals surface area contributed by atoms with Crippen molar-refractivity contribution >= 4 is 64.6 Å². The van der Waals surface area contributed by atoms with Gasteiger partial charge in [0.2, 0.25) is 17.7 Å². The summed E-state index contributed by atoms with van der Waals surface area (Å²) >= 11 is 11.9. The summed E-state index contributed by atoms with van der Waals surface area (Å²) in [4.78, 5) is 87.4. The van der Waals surface area contributed by atoms with Gasteiger partial charge in [0.25, 0.3) is 5.91 Å². The molecule has 3 unspecified atom stereocenters. The van der Waals surface area contributed by atoms with E-state index in [-0.39, 0.29) is 41.4 Å². The van der Waals surface area contributed by atoms with Gasteiger partial charge >= 0.3 is 11.9 Å². The average molecular weight is 585 g/mol. The highest BCUT2D eigenvalue weighted by molar-refractivity contribution is 6.39. The second kappa shape index (κ2) is 12.9. The predicted molar refractivity (Wildman–Crippen MR) is 134 cm³/mol. The molecule has 0 aliphatic carbocycles. The number of Topliss-reactive ketones (excluding diaryl/α,β-unsaturated/α-hetero) is 1. The molecule has 0 saturated carbocycles. The molecule has 2 saturated heterocycles. The van der Waals surface area contributed by atoms with E-state index in [1.54, 1.807) is 0 Å². The highest BCUT2D eigenvalue weighted by Crippen LogP contribution is 2.26. The van der Waals surface area contributed by atoms with E-state index < -0.39 is 72.5 Å². The van der Waals surface area contributed by atoms with Crippen molar-refractivity contribution in [2.75, 3.05) is 13.2 Å². The molecule has 3 rings (SSSR count). The number of hydrogen-bond donors (Lipinski definition) is 3. The highest BCUT2D eigenvalue weighted by Gasteiger charge is 2.45. The normalized spacial score (nSPS) is 19.9. The molecule has 1 aromatic carbocycles. The van der Waals surface area contributed by atoms with Gasteiger partial charge < -0.3 is 20.5 Å². The van der Waals surface area contributed by atoms with Gasteiger partial charge in [0.1, 0.15) is 18.1 Å². The Morgan fingerprint density at radius 3 is 2.41 bits per heavy atom. The summed E-state index contributed by atoms with van der Waals surface area (Å²) in [6, 6.07) is 0.355. The number of rotatable bonds is 9. The van der Waals surface area contributed by atoms with Crippen LogP contribution < -0.4 is 10.6 Å². The lowest BCUT2D eigenvalue weighted by Gasteiger charge is -2.43. The zero-order chi connectivity index (χ0) is 28.9. The van der Waals surface area contributed by atoms with Crippen LogP contribution in [0.2, 0.25) is 10.0 Å². The predicted octanol–water partition coefficient (Wildman–Crippen LogP) is 0.712. The molecule has 3 N–H and O–H groups in total. The number of aliphatic carboxylic acids is 1. The Balaban J connectivity index is 1.76. The number of hydrazine groups is 1. The largest absolute Gasteiger partial charge is 0.481 e. The fourth-order valence-corrected chi connectivity index (χ4v) is 4.89. The molecule has 2 fully saturated rings. The van der Waals surface area contributed by atoms with Crippen LogP contribution in [0, 0.1) is 0 Å². The molecule has 3 atom stereocenters. The number of halogens is 2. The Bertz CT molecular complexity index is 1190. The molecule has 0 bridgehead atoms. The Morgan fingerprint density at radius 1 is 1.13 bits per heavy atom. The molecule has 39 heavy (non-hydrogen) atoms. The van der Waals surface area contributed by atoms with E-state index in [0.717, 1.165) is 10.0 Å². The number of fused-ring (bicyclic) bond motifs is 1. The number of ketones is 1. The van der Waals surface area contributed by atoms with Crippen LogP contribution in [0.25, 0.3) is 0 Å². The van der Waals surface area contributed by atoms with E-state index in [2.05, 4.69) is 10.6 Å². The maximum atomic E-state index is 13.3. The summed E-state index contributed by atoms with van der Waals surface area (Å²) in [5, 5.41) is 16.2. The van der Waals surface area contributed by atoms with Crippen LogP contribution in [0.15, 0.2) is 18.2 Å². The van der Waals surface area contributed by atoms with Gasteiger partial charge in [-0.15, -0.1) is 0 Å². The van der Waals surface area contributed by atoms with Gasteiger partial charge in [-0.2, -0.15) is 0 Å². The number of carbonyl (C=O) groups is 7. The number of nitrogens with zero attached hydrogens (tertiary/aromatic N) is 2. The Kier molecular flexibility index (Phi) is 9.86. The molecule has 0 radical (unpaired) electrons. The zero-order valence-electron chi connectivity index (χ0n) is 20.8. The summed E-state index contributed by atoms with van der Waals surface area (Å²) in [6.45, 7) is 0.479. The third-order valence-electron chi connectivity index (χ3n) is 6.14. The first kappa shape index (κ1) is 29.8. The summed E-state index contributed by atoms with van der Waals surface area (Å²) in [5.41, 5.74) is -0.187. The number of ether oxygens (including phenoxy) is 1. The minimum atomic E-state index is -1.62. The molecular formula is C24H26Cl2N4O9. The standard InChI is InChI=1S/C24H26Cl2N4O9/c1-12(31)27-15-7-8-19(33)29-9-3-6-17(30(29)23(15)37)22(36)28-16(10-20(34)35)18(32)11-39-24(38)21-13(25)4-2-5-14(21)26/h2,4-5,15-17H,3,6-11H2,1H3,(H,27,31)(H,28,36)(H,34,35). The molecule has 2 aliphatic heterocycles. The van der Waals surface area contributed by atoms with E-state index in [1.165, 1.54) is 25.1 Å². The lowest BCUT2D eigenvalue weighted by atomic mass is 10.0. The lowest BCUT2D eigenvalue weighted by molar-refractivity contribution is -0.176. The number of carbonyl (C=O) groups excluding carboxylic acids is 6. The van der Waals surface area contributed by atoms with Crippen molar-refractivity contribution in [3.8, 4) is 0 Å². The van der Waals surface area contributed by atoms with E-state index >= 15 is 0 Å². The van der Waals surface area contributed by atoms with E-state index in [0.29, 0.717) is 6.42 Å². The monoisotopic (exact) mass is 584 g/mol. The summed E-state index contributed by atoms with van der Waals surface area (Å²) in [7, 11) is 0. The van der Waals surface area contributed by atoms with Crippen LogP contribution in [-0.4, -0.2) is 87.8 Å². The number of amides is 4. The van der Waals surface area contributed by atoms with E-state index in [9.17, 15) is 38.7 Å². The maximum Gasteiger partial charge on any atom is 0.341 e. The van der Waals surface area contributed by atoms with Crippen molar-refractivity contribution in [2.24, 2.45) is 0 Å². The number of carboxylic acids is 1. The molecule has 0 spiro atoms. The number of hydrogen-bond acceptors (Lipinski definition) is 8. The fourth-order valence-electron chi connectivity index (χ4n) is 4.34. The minimum absolute atomic E-state index is 0.0218. The first-order valence-corrected chi connectivity index (χ1v) is 12.7. The van der Waals surface area contributed by atoms with Gasteiger partial charge in [0, 0.05) is 19.9 Å². The topological polar surface area (TPSA) is 179 Å². The first-order chi connectivity index (χ1) is 18.4. The van der Waals surface area contributed by atoms with Gasteiger partial charge in [0.15, 0.2) is 12.4 Å². The molecule has 2 aliphatic rings. The fraction of sp³-hybridized carbons (Fsp3) is 0.458. The Labute approximate surface area is 232 Å². The molecule has 1 aromatic rings. The number of benzene rings is 1. The van der Waals surface area contributed by atoms with Crippen LogP contribution in [0.4, 0.5) is 0 Å². The van der Waals surface area contributed by atoms with Crippen molar-refractivity contribution in [3.63, 3.8) is 0 Å². The Morgan fingerprint density at radius 2 is 1.79 bits per heavy atom. The van der Waals surface area contributed by atoms with Crippen molar-refractivity contribution in [3.05, 3.63) is 33.8 Å². The lowest BCUT2D eigenvalue weighted by Crippen LogP contribution is -2.64. The van der Waals surface area contributed by atoms with Gasteiger partial charge in [-0.05, 0) is 31.4 Å². The van der Waals surface area contributed by atoms with Crippen LogP contribution in [0.5, 0.6) is 0 Å². The van der Waals surface area contributed by atoms with Gasteiger partial charge in [-0.1, -0.05) is 29.3 Å². The molecular weight excluding hydrogens is 559 g/mol. The maximum absolute atomic E-state index is 13.3. The van der Waals surface area contributed by atoms with Crippen molar-refractivity contribution in [1.29, 1.82) is 0 Å². The second-order valence-electron chi connectivity index (χ2n) is 8.95. The van der Waals surface area contributed by atoms with Crippen molar-refractivity contribution in [2.45, 2.75) is 57.2 Å². The molecule has 210 valence electrons. The quantitative estimate of drug-likeness (QED) is 0.352. The van der Waals surface area contributed by atoms with E-state index in [4.69, 9.17) is 27.9 Å². The van der Waals surface area contributed by atoms with Crippen LogP contribution in [-0.2, 0) is 33.5 Å². The third kappa shape index (κ3) is 7.24. The Hall–Kier alpha value is -3.71. The number of nitrogens with one attached hydrogen (secondary N) is 2. The molecule has 4 amide bonds. The van der Waals surface area contributed by atoms with Gasteiger partial charge in [0.05, 0.1) is 22.0 Å². The number of esters is 1. The first-order valence-electron chi connectivity index (χ1n) is 12.0. The number of carboxylic acid groups (broad SMARTS) is 1. The zero-order valence-corrected chi connectivity index (χ0v) is 22.3. The SMILES string of the molecule is CC(=O)NC1CCC(=O)N2CCCC(C(=O)NC(CC(=O)O)C(=O)COC(=O)c3c(Cl)cccc3Cl)N2C1=O. The summed E-state index contributed by atoms with van der Waals surface area (Å²) in [6.07, 6.45) is -0.372. The smallest absolute Gasteiger partial charge is 0.341 e. The van der Waals surface area contributed by atoms with Crippen molar-refractivity contribution in [1.82, 2.24) is 20.7 Å². The summed E-state index contributed by atoms with van der Waals surface area (Å²) in [5.74, 6) is -5.87. The third-order valence-corrected chi connectivity index (χ3v) is 6.77. The van der Waals surface area contributed by atoms with Crippen LogP contribution in [0.3, 0.4) is 0 Å². The average Bonchev–Trinajstić information content (AvgIpc) is 2.98. The molecule has 15 heteroatoms. The summed E-state index contributed by atoms with van der Waals surface area (Å²) < 4.78 is 4.97. The van der Waals surface area contributed by atoms with Crippen molar-refractivity contribution < 1.29 is 43.4 Å². The van der Waals surface area contributed by atoms with Gasteiger partial charge in [-0.3, -0.25) is 33.8 Å². The molecule has 0 aromatic heterocycles. The van der Waals surface area contributed by atoms with E-state index in [1.807, 2.05) is 0 Å².